The first-order chi connectivity index (χ1) is 10.3. The molecule has 0 saturated carbocycles. The fourth-order valence-electron chi connectivity index (χ4n) is 3.42. The second-order valence-corrected chi connectivity index (χ2v) is 5.98. The Labute approximate surface area is 126 Å². The third kappa shape index (κ3) is 3.45. The van der Waals surface area contributed by atoms with E-state index in [-0.39, 0.29) is 0 Å². The monoisotopic (exact) mass is 294 g/mol. The van der Waals surface area contributed by atoms with Gasteiger partial charge in [0.1, 0.15) is 0 Å². The first-order valence-corrected chi connectivity index (χ1v) is 7.82. The Morgan fingerprint density at radius 2 is 2.33 bits per heavy atom. The standard InChI is InChI=1S/C15H26N4O2/c1-17-13(3-5-16-17)11-18-6-4-15-14(12-18)19(7-9-20-2)8-10-21-15/h3,5,14-15H,4,6-12H2,1-2H3/t14-,15-/m1/s1. The van der Waals surface area contributed by atoms with Gasteiger partial charge >= 0.3 is 0 Å². The lowest BCUT2D eigenvalue weighted by molar-refractivity contribution is -0.108. The zero-order valence-corrected chi connectivity index (χ0v) is 13.1. The fraction of sp³-hybridized carbons (Fsp3) is 0.800. The number of hydrogen-bond donors (Lipinski definition) is 0. The molecule has 0 radical (unpaired) electrons. The molecular formula is C15H26N4O2. The molecule has 6 nitrogen and oxygen atoms in total. The van der Waals surface area contributed by atoms with E-state index in [1.807, 2.05) is 17.9 Å². The molecule has 0 N–H and O–H groups in total. The maximum absolute atomic E-state index is 5.97. The maximum atomic E-state index is 5.97. The number of nitrogens with zero attached hydrogens (tertiary/aromatic N) is 4. The van der Waals surface area contributed by atoms with Crippen molar-refractivity contribution in [1.29, 1.82) is 0 Å². The summed E-state index contributed by atoms with van der Waals surface area (Å²) in [6.07, 6.45) is 3.38. The predicted octanol–water partition coefficient (Wildman–Crippen LogP) is 0.342. The number of aromatic nitrogens is 2. The van der Waals surface area contributed by atoms with E-state index in [0.29, 0.717) is 12.1 Å². The van der Waals surface area contributed by atoms with Crippen LogP contribution in [0, 0.1) is 0 Å². The Kier molecular flexibility index (Phi) is 4.90. The van der Waals surface area contributed by atoms with Crippen molar-refractivity contribution in [2.24, 2.45) is 7.05 Å². The highest BCUT2D eigenvalue weighted by atomic mass is 16.5. The average molecular weight is 294 g/mol. The molecule has 1 aromatic rings. The molecule has 0 spiro atoms. The van der Waals surface area contributed by atoms with Crippen LogP contribution in [0.5, 0.6) is 0 Å². The second-order valence-electron chi connectivity index (χ2n) is 5.98. The van der Waals surface area contributed by atoms with Crippen LogP contribution in [0.2, 0.25) is 0 Å². The molecule has 6 heteroatoms. The van der Waals surface area contributed by atoms with Gasteiger partial charge in [-0.1, -0.05) is 0 Å². The first kappa shape index (κ1) is 15.0. The Morgan fingerprint density at radius 1 is 1.43 bits per heavy atom. The normalized spacial score (nSPS) is 27.7. The summed E-state index contributed by atoms with van der Waals surface area (Å²) >= 11 is 0. The van der Waals surface area contributed by atoms with Crippen molar-refractivity contribution in [1.82, 2.24) is 19.6 Å². The molecule has 2 aliphatic rings. The molecule has 2 aliphatic heterocycles. The topological polar surface area (TPSA) is 42.8 Å². The van der Waals surface area contributed by atoms with E-state index in [9.17, 15) is 0 Å². The minimum Gasteiger partial charge on any atom is -0.383 e. The minimum absolute atomic E-state index is 0.387. The van der Waals surface area contributed by atoms with Crippen LogP contribution in [0.3, 0.4) is 0 Å². The number of piperidine rings is 1. The highest BCUT2D eigenvalue weighted by Crippen LogP contribution is 2.23. The summed E-state index contributed by atoms with van der Waals surface area (Å²) in [7, 11) is 3.78. The molecular weight excluding hydrogens is 268 g/mol. The van der Waals surface area contributed by atoms with Crippen LogP contribution < -0.4 is 0 Å². The number of likely N-dealkylation sites (tertiary alicyclic amines) is 1. The molecule has 0 amide bonds. The summed E-state index contributed by atoms with van der Waals surface area (Å²) in [5.74, 6) is 0. The number of aryl methyl sites for hydroxylation is 1. The quantitative estimate of drug-likeness (QED) is 0.783. The predicted molar refractivity (Wildman–Crippen MR) is 80.1 cm³/mol. The van der Waals surface area contributed by atoms with Crippen molar-refractivity contribution in [3.8, 4) is 0 Å². The van der Waals surface area contributed by atoms with E-state index in [2.05, 4.69) is 21.0 Å². The largest absolute Gasteiger partial charge is 0.383 e. The lowest BCUT2D eigenvalue weighted by Gasteiger charge is -2.47. The highest BCUT2D eigenvalue weighted by Gasteiger charge is 2.36. The summed E-state index contributed by atoms with van der Waals surface area (Å²) in [6, 6.07) is 2.60. The lowest BCUT2D eigenvalue weighted by atomic mass is 9.98. The number of ether oxygens (including phenoxy) is 2. The van der Waals surface area contributed by atoms with Crippen molar-refractivity contribution < 1.29 is 9.47 Å². The van der Waals surface area contributed by atoms with Crippen LogP contribution in [0.4, 0.5) is 0 Å². The molecule has 0 aromatic carbocycles. The molecule has 2 fully saturated rings. The summed E-state index contributed by atoms with van der Waals surface area (Å²) in [5.41, 5.74) is 1.27. The van der Waals surface area contributed by atoms with Gasteiger partial charge in [0, 0.05) is 59.1 Å². The Morgan fingerprint density at radius 3 is 3.10 bits per heavy atom. The Balaban J connectivity index is 1.61. The highest BCUT2D eigenvalue weighted by molar-refractivity contribution is 5.01. The molecule has 0 unspecified atom stereocenters. The maximum Gasteiger partial charge on any atom is 0.0755 e. The number of fused-ring (bicyclic) bond motifs is 1. The molecule has 118 valence electrons. The molecule has 3 heterocycles. The van der Waals surface area contributed by atoms with Crippen LogP contribution >= 0.6 is 0 Å². The van der Waals surface area contributed by atoms with Crippen LogP contribution in [0.1, 0.15) is 12.1 Å². The van der Waals surface area contributed by atoms with Gasteiger partial charge in [-0.2, -0.15) is 5.10 Å². The summed E-state index contributed by atoms with van der Waals surface area (Å²) in [5, 5.41) is 4.26. The summed E-state index contributed by atoms with van der Waals surface area (Å²) < 4.78 is 13.2. The van der Waals surface area contributed by atoms with E-state index >= 15 is 0 Å². The number of morpholine rings is 1. The lowest BCUT2D eigenvalue weighted by Crippen LogP contribution is -2.60. The number of rotatable bonds is 5. The summed E-state index contributed by atoms with van der Waals surface area (Å²) in [4.78, 5) is 5.06. The van der Waals surface area contributed by atoms with Gasteiger partial charge in [0.05, 0.1) is 25.0 Å². The van der Waals surface area contributed by atoms with Gasteiger partial charge in [-0.3, -0.25) is 14.5 Å². The average Bonchev–Trinajstić information content (AvgIpc) is 2.90. The Hall–Kier alpha value is -0.950. The molecule has 0 bridgehead atoms. The van der Waals surface area contributed by atoms with Gasteiger partial charge in [-0.15, -0.1) is 0 Å². The molecule has 21 heavy (non-hydrogen) atoms. The SMILES string of the molecule is COCCN1CCO[C@@H]2CCN(Cc3ccnn3C)C[C@H]21. The van der Waals surface area contributed by atoms with Crippen LogP contribution in [-0.4, -0.2) is 78.2 Å². The van der Waals surface area contributed by atoms with Crippen molar-refractivity contribution >= 4 is 0 Å². The van der Waals surface area contributed by atoms with Crippen molar-refractivity contribution in [3.05, 3.63) is 18.0 Å². The molecule has 3 rings (SSSR count). The zero-order chi connectivity index (χ0) is 14.7. The molecule has 1 aromatic heterocycles. The van der Waals surface area contributed by atoms with E-state index in [1.54, 1.807) is 7.11 Å². The van der Waals surface area contributed by atoms with Crippen molar-refractivity contribution in [3.63, 3.8) is 0 Å². The number of hydrogen-bond acceptors (Lipinski definition) is 5. The van der Waals surface area contributed by atoms with E-state index in [1.165, 1.54) is 5.69 Å². The van der Waals surface area contributed by atoms with E-state index in [4.69, 9.17) is 9.47 Å². The van der Waals surface area contributed by atoms with Crippen molar-refractivity contribution in [2.45, 2.75) is 25.1 Å². The van der Waals surface area contributed by atoms with Gasteiger partial charge in [0.2, 0.25) is 0 Å². The van der Waals surface area contributed by atoms with Crippen LogP contribution in [0.25, 0.3) is 0 Å². The van der Waals surface area contributed by atoms with Gasteiger partial charge < -0.3 is 9.47 Å². The third-order valence-electron chi connectivity index (χ3n) is 4.67. The third-order valence-corrected chi connectivity index (χ3v) is 4.67. The van der Waals surface area contributed by atoms with Gasteiger partial charge in [0.15, 0.2) is 0 Å². The van der Waals surface area contributed by atoms with Gasteiger partial charge in [0.25, 0.3) is 0 Å². The van der Waals surface area contributed by atoms with Crippen LogP contribution in [-0.2, 0) is 23.1 Å². The van der Waals surface area contributed by atoms with Crippen LogP contribution in [0.15, 0.2) is 12.3 Å². The van der Waals surface area contributed by atoms with Gasteiger partial charge in [-0.05, 0) is 12.5 Å². The zero-order valence-electron chi connectivity index (χ0n) is 13.1. The smallest absolute Gasteiger partial charge is 0.0755 e. The molecule has 2 atom stereocenters. The van der Waals surface area contributed by atoms with Crippen molar-refractivity contribution in [2.75, 3.05) is 46.5 Å². The Bertz CT molecular complexity index is 451. The second kappa shape index (κ2) is 6.87. The molecule has 0 aliphatic carbocycles. The molecule has 2 saturated heterocycles. The fourth-order valence-corrected chi connectivity index (χ4v) is 3.42. The number of methoxy groups -OCH3 is 1. The van der Waals surface area contributed by atoms with E-state index in [0.717, 1.165) is 52.4 Å². The summed E-state index contributed by atoms with van der Waals surface area (Å²) in [6.45, 7) is 6.81. The van der Waals surface area contributed by atoms with Gasteiger partial charge in [-0.25, -0.2) is 0 Å². The van der Waals surface area contributed by atoms with E-state index < -0.39 is 0 Å². The minimum atomic E-state index is 0.387. The first-order valence-electron chi connectivity index (χ1n) is 7.82.